The van der Waals surface area contributed by atoms with Crippen LogP contribution in [0.5, 0.6) is 0 Å². The Balaban J connectivity index is 4.30. The van der Waals surface area contributed by atoms with Crippen LogP contribution in [0.4, 0.5) is 13.2 Å². The largest absolute Gasteiger partial charge is 0.481 e. The van der Waals surface area contributed by atoms with Gasteiger partial charge in [0.05, 0.1) is 12.0 Å². The predicted molar refractivity (Wildman–Crippen MR) is 65.1 cm³/mol. The molecule has 0 aromatic carbocycles. The van der Waals surface area contributed by atoms with Crippen molar-refractivity contribution in [1.29, 1.82) is 0 Å². The molecule has 0 radical (unpaired) electrons. The zero-order chi connectivity index (χ0) is 16.2. The fourth-order valence-electron chi connectivity index (χ4n) is 1.19. The Morgan fingerprint density at radius 2 is 1.65 bits per heavy atom. The van der Waals surface area contributed by atoms with Crippen molar-refractivity contribution >= 4 is 11.9 Å². The van der Waals surface area contributed by atoms with Crippen LogP contribution in [-0.2, 0) is 14.3 Å². The van der Waals surface area contributed by atoms with Gasteiger partial charge in [-0.3, -0.25) is 9.59 Å². The molecule has 0 rings (SSSR count). The van der Waals surface area contributed by atoms with Crippen LogP contribution in [0.1, 0.15) is 34.1 Å². The molecule has 1 amide bonds. The first kappa shape index (κ1) is 18.7. The van der Waals surface area contributed by atoms with Gasteiger partial charge in [0.25, 0.3) is 0 Å². The minimum atomic E-state index is -4.43. The highest BCUT2D eigenvalue weighted by Gasteiger charge is 2.44. The summed E-state index contributed by atoms with van der Waals surface area (Å²) in [5.41, 5.74) is -2.28. The molecular formula is C12H20F3NO4. The van der Waals surface area contributed by atoms with Crippen molar-refractivity contribution in [3.8, 4) is 0 Å². The van der Waals surface area contributed by atoms with Gasteiger partial charge >= 0.3 is 12.1 Å². The summed E-state index contributed by atoms with van der Waals surface area (Å²) in [5, 5.41) is 11.6. The van der Waals surface area contributed by atoms with E-state index in [-0.39, 0.29) is 13.0 Å². The van der Waals surface area contributed by atoms with Crippen LogP contribution in [0.2, 0.25) is 0 Å². The van der Waals surface area contributed by atoms with E-state index >= 15 is 0 Å². The van der Waals surface area contributed by atoms with Crippen LogP contribution in [-0.4, -0.2) is 41.9 Å². The van der Waals surface area contributed by atoms with Crippen molar-refractivity contribution in [3.63, 3.8) is 0 Å². The molecular weight excluding hydrogens is 279 g/mol. The van der Waals surface area contributed by atoms with E-state index in [0.29, 0.717) is 0 Å². The maximum absolute atomic E-state index is 11.8. The molecule has 0 unspecified atom stereocenters. The van der Waals surface area contributed by atoms with Gasteiger partial charge in [-0.2, -0.15) is 13.2 Å². The summed E-state index contributed by atoms with van der Waals surface area (Å²) in [4.78, 5) is 22.7. The molecule has 8 heteroatoms. The average molecular weight is 299 g/mol. The van der Waals surface area contributed by atoms with Gasteiger partial charge in [0.2, 0.25) is 5.91 Å². The lowest BCUT2D eigenvalue weighted by Crippen LogP contribution is -2.57. The Morgan fingerprint density at radius 1 is 1.15 bits per heavy atom. The number of hydrogen-bond acceptors (Lipinski definition) is 3. The third-order valence-electron chi connectivity index (χ3n) is 3.29. The molecule has 20 heavy (non-hydrogen) atoms. The van der Waals surface area contributed by atoms with Crippen LogP contribution < -0.4 is 5.32 Å². The van der Waals surface area contributed by atoms with Gasteiger partial charge in [-0.15, -0.1) is 0 Å². The summed E-state index contributed by atoms with van der Waals surface area (Å²) in [6, 6.07) is 0. The van der Waals surface area contributed by atoms with Crippen molar-refractivity contribution in [2.24, 2.45) is 5.41 Å². The zero-order valence-electron chi connectivity index (χ0n) is 11.9. The van der Waals surface area contributed by atoms with Crippen molar-refractivity contribution in [2.45, 2.75) is 45.8 Å². The van der Waals surface area contributed by atoms with Crippen molar-refractivity contribution in [3.05, 3.63) is 0 Å². The van der Waals surface area contributed by atoms with Gasteiger partial charge in [-0.1, -0.05) is 0 Å². The van der Waals surface area contributed by atoms with Crippen LogP contribution in [0.25, 0.3) is 0 Å². The minimum absolute atomic E-state index is 0.269. The van der Waals surface area contributed by atoms with Crippen LogP contribution in [0.3, 0.4) is 0 Å². The molecule has 118 valence electrons. The summed E-state index contributed by atoms with van der Waals surface area (Å²) in [7, 11) is 0. The van der Waals surface area contributed by atoms with E-state index in [1.807, 2.05) is 0 Å². The molecule has 0 aromatic heterocycles. The normalized spacial score (nSPS) is 13.2. The third-order valence-corrected chi connectivity index (χ3v) is 3.29. The van der Waals surface area contributed by atoms with E-state index in [1.165, 1.54) is 27.7 Å². The Morgan fingerprint density at radius 3 is 2.05 bits per heavy atom. The fourth-order valence-corrected chi connectivity index (χ4v) is 1.19. The fraction of sp³-hybridized carbons (Fsp3) is 0.833. The average Bonchev–Trinajstić information content (AvgIpc) is 2.22. The second-order valence-corrected chi connectivity index (χ2v) is 5.52. The lowest BCUT2D eigenvalue weighted by Gasteiger charge is -2.38. The van der Waals surface area contributed by atoms with Crippen LogP contribution in [0, 0.1) is 5.41 Å². The molecule has 0 aliphatic carbocycles. The lowest BCUT2D eigenvalue weighted by atomic mass is 9.74. The number of carboxylic acids is 1. The molecule has 0 fully saturated rings. The summed E-state index contributed by atoms with van der Waals surface area (Å²) >= 11 is 0. The highest BCUT2D eigenvalue weighted by molar-refractivity contribution is 5.80. The predicted octanol–water partition coefficient (Wildman–Crippen LogP) is 1.96. The van der Waals surface area contributed by atoms with E-state index in [4.69, 9.17) is 5.11 Å². The van der Waals surface area contributed by atoms with Crippen LogP contribution in [0.15, 0.2) is 0 Å². The zero-order valence-corrected chi connectivity index (χ0v) is 11.9. The number of ether oxygens (including phenoxy) is 1. The monoisotopic (exact) mass is 299 g/mol. The van der Waals surface area contributed by atoms with Gasteiger partial charge in [0.1, 0.15) is 6.61 Å². The van der Waals surface area contributed by atoms with Crippen LogP contribution >= 0.6 is 0 Å². The maximum Gasteiger partial charge on any atom is 0.411 e. The molecule has 0 aromatic rings. The van der Waals surface area contributed by atoms with Crippen molar-refractivity contribution in [2.75, 3.05) is 13.2 Å². The first-order valence-corrected chi connectivity index (χ1v) is 5.98. The highest BCUT2D eigenvalue weighted by atomic mass is 19.4. The van der Waals surface area contributed by atoms with Gasteiger partial charge in [-0.25, -0.2) is 0 Å². The molecule has 5 nitrogen and oxygen atoms in total. The molecule has 0 saturated carbocycles. The SMILES string of the molecule is CC(C)(NC(=O)CCOCC(F)(F)F)C(C)(C)C(=O)O. The van der Waals surface area contributed by atoms with E-state index in [1.54, 1.807) is 0 Å². The van der Waals surface area contributed by atoms with Gasteiger partial charge < -0.3 is 15.2 Å². The van der Waals surface area contributed by atoms with E-state index in [9.17, 15) is 22.8 Å². The Kier molecular flexibility index (Phi) is 6.01. The number of aliphatic carboxylic acids is 1. The quantitative estimate of drug-likeness (QED) is 0.705. The van der Waals surface area contributed by atoms with Crippen molar-refractivity contribution < 1.29 is 32.6 Å². The standard InChI is InChI=1S/C12H20F3NO4/c1-10(2,9(18)19)11(3,4)16-8(17)5-6-20-7-12(13,14)15/h5-7H2,1-4H3,(H,16,17)(H,18,19). The summed E-state index contributed by atoms with van der Waals surface area (Å²) < 4.78 is 39.7. The molecule has 2 N–H and O–H groups in total. The first-order valence-electron chi connectivity index (χ1n) is 5.98. The second kappa shape index (κ2) is 6.43. The Bertz CT molecular complexity index is 364. The molecule has 0 aliphatic rings. The number of rotatable bonds is 7. The summed E-state index contributed by atoms with van der Waals surface area (Å²) in [6.07, 6.45) is -4.70. The van der Waals surface area contributed by atoms with Gasteiger partial charge in [-0.05, 0) is 27.7 Å². The molecule has 0 aliphatic heterocycles. The van der Waals surface area contributed by atoms with Gasteiger partial charge in [0, 0.05) is 12.0 Å². The topological polar surface area (TPSA) is 75.6 Å². The molecule has 0 bridgehead atoms. The van der Waals surface area contributed by atoms with Gasteiger partial charge in [0.15, 0.2) is 0 Å². The number of alkyl halides is 3. The maximum atomic E-state index is 11.8. The third kappa shape index (κ3) is 5.77. The number of nitrogens with one attached hydrogen (secondary N) is 1. The molecule has 0 spiro atoms. The summed E-state index contributed by atoms with van der Waals surface area (Å²) in [6.45, 7) is 4.19. The number of hydrogen-bond donors (Lipinski definition) is 2. The molecule has 0 heterocycles. The number of carbonyl (C=O) groups excluding carboxylic acids is 1. The second-order valence-electron chi connectivity index (χ2n) is 5.52. The lowest BCUT2D eigenvalue weighted by molar-refractivity contribution is -0.175. The Labute approximate surface area is 115 Å². The number of carboxylic acid groups (broad SMARTS) is 1. The summed E-state index contributed by atoms with van der Waals surface area (Å²) in [5.74, 6) is -1.65. The van der Waals surface area contributed by atoms with E-state index in [0.717, 1.165) is 0 Å². The Hall–Kier alpha value is -1.31. The number of amides is 1. The van der Waals surface area contributed by atoms with E-state index < -0.39 is 35.6 Å². The molecule has 0 atom stereocenters. The highest BCUT2D eigenvalue weighted by Crippen LogP contribution is 2.30. The van der Waals surface area contributed by atoms with E-state index in [2.05, 4.69) is 10.1 Å². The molecule has 0 saturated heterocycles. The number of halogens is 3. The first-order chi connectivity index (χ1) is 8.79. The minimum Gasteiger partial charge on any atom is -0.481 e. The van der Waals surface area contributed by atoms with Crippen molar-refractivity contribution in [1.82, 2.24) is 5.32 Å². The number of carbonyl (C=O) groups is 2. The smallest absolute Gasteiger partial charge is 0.411 e.